The van der Waals surface area contributed by atoms with Gasteiger partial charge in [0.05, 0.1) is 7.11 Å². The van der Waals surface area contributed by atoms with Gasteiger partial charge in [-0.05, 0) is 48.9 Å². The minimum atomic E-state index is 0.797. The molecule has 1 aromatic carbocycles. The predicted octanol–water partition coefficient (Wildman–Crippen LogP) is 6.93. The van der Waals surface area contributed by atoms with Crippen molar-refractivity contribution in [1.82, 2.24) is 0 Å². The summed E-state index contributed by atoms with van der Waals surface area (Å²) in [6.07, 6.45) is 10.6. The Morgan fingerprint density at radius 3 is 1.64 bits per heavy atom. The lowest BCUT2D eigenvalue weighted by atomic mass is 9.95. The highest BCUT2D eigenvalue weighted by atomic mass is 16.5. The number of nitrogens with zero attached hydrogens (tertiary/aromatic N) is 1. The number of anilines is 1. The Kier molecular flexibility index (Phi) is 11.4. The Hall–Kier alpha value is -1.18. The highest BCUT2D eigenvalue weighted by Crippen LogP contribution is 2.25. The highest BCUT2D eigenvalue weighted by molar-refractivity contribution is 5.49. The number of hydrogen-bond acceptors (Lipinski definition) is 2. The van der Waals surface area contributed by atoms with E-state index in [2.05, 4.69) is 56.9 Å². The number of methoxy groups -OCH3 is 1. The maximum absolute atomic E-state index is 5.34. The lowest BCUT2D eigenvalue weighted by Crippen LogP contribution is -2.34. The van der Waals surface area contributed by atoms with Crippen LogP contribution in [0.3, 0.4) is 0 Å². The molecule has 0 aliphatic heterocycles. The topological polar surface area (TPSA) is 12.5 Å². The van der Waals surface area contributed by atoms with Gasteiger partial charge < -0.3 is 9.64 Å². The van der Waals surface area contributed by atoms with E-state index in [0.29, 0.717) is 0 Å². The summed E-state index contributed by atoms with van der Waals surface area (Å²) in [7, 11) is 1.74. The monoisotopic (exact) mass is 347 g/mol. The smallest absolute Gasteiger partial charge is 0.119 e. The van der Waals surface area contributed by atoms with Crippen molar-refractivity contribution in [1.29, 1.82) is 0 Å². The third-order valence-corrected chi connectivity index (χ3v) is 5.48. The Bertz CT molecular complexity index is 410. The zero-order valence-electron chi connectivity index (χ0n) is 17.4. The van der Waals surface area contributed by atoms with E-state index >= 15 is 0 Å². The molecule has 2 atom stereocenters. The maximum Gasteiger partial charge on any atom is 0.119 e. The molecule has 2 heteroatoms. The molecule has 0 bridgehead atoms. The van der Waals surface area contributed by atoms with Gasteiger partial charge in [0.1, 0.15) is 5.75 Å². The zero-order chi connectivity index (χ0) is 18.5. The summed E-state index contributed by atoms with van der Waals surface area (Å²) in [6, 6.07) is 8.67. The molecule has 0 saturated carbocycles. The van der Waals surface area contributed by atoms with Crippen LogP contribution in [0.5, 0.6) is 5.75 Å². The molecule has 0 amide bonds. The van der Waals surface area contributed by atoms with E-state index in [1.807, 2.05) is 0 Å². The summed E-state index contributed by atoms with van der Waals surface area (Å²) in [6.45, 7) is 11.7. The lowest BCUT2D eigenvalue weighted by Gasteiger charge is -2.32. The SMILES string of the molecule is CCCCC(CC)CN(CC(CC)CCCC)c1ccc(OC)cc1. The van der Waals surface area contributed by atoms with Crippen molar-refractivity contribution < 1.29 is 4.74 Å². The Morgan fingerprint density at radius 1 is 0.800 bits per heavy atom. The van der Waals surface area contributed by atoms with Crippen LogP contribution in [0.15, 0.2) is 24.3 Å². The van der Waals surface area contributed by atoms with Gasteiger partial charge in [-0.1, -0.05) is 66.2 Å². The maximum atomic E-state index is 5.34. The number of unbranched alkanes of at least 4 members (excludes halogenated alkanes) is 2. The molecule has 2 unspecified atom stereocenters. The summed E-state index contributed by atoms with van der Waals surface area (Å²) in [5.74, 6) is 2.54. The van der Waals surface area contributed by atoms with Gasteiger partial charge in [0.15, 0.2) is 0 Å². The van der Waals surface area contributed by atoms with Gasteiger partial charge >= 0.3 is 0 Å². The van der Waals surface area contributed by atoms with E-state index in [1.165, 1.54) is 70.1 Å². The van der Waals surface area contributed by atoms with Crippen LogP contribution >= 0.6 is 0 Å². The van der Waals surface area contributed by atoms with Crippen LogP contribution in [0, 0.1) is 11.8 Å². The predicted molar refractivity (Wildman–Crippen MR) is 112 cm³/mol. The van der Waals surface area contributed by atoms with Crippen molar-refractivity contribution in [3.8, 4) is 5.75 Å². The molecular weight excluding hydrogens is 306 g/mol. The molecule has 0 N–H and O–H groups in total. The fourth-order valence-corrected chi connectivity index (χ4v) is 3.54. The number of benzene rings is 1. The van der Waals surface area contributed by atoms with Crippen LogP contribution in [-0.4, -0.2) is 20.2 Å². The minimum Gasteiger partial charge on any atom is -0.497 e. The Balaban J connectivity index is 2.86. The molecule has 0 heterocycles. The summed E-state index contributed by atoms with van der Waals surface area (Å²) in [5.41, 5.74) is 1.35. The van der Waals surface area contributed by atoms with E-state index in [-0.39, 0.29) is 0 Å². The molecule has 2 nitrogen and oxygen atoms in total. The summed E-state index contributed by atoms with van der Waals surface area (Å²) in [5, 5.41) is 0. The fraction of sp³-hybridized carbons (Fsp3) is 0.739. The Morgan fingerprint density at radius 2 is 1.28 bits per heavy atom. The second-order valence-corrected chi connectivity index (χ2v) is 7.44. The molecule has 0 saturated heterocycles. The third-order valence-electron chi connectivity index (χ3n) is 5.48. The van der Waals surface area contributed by atoms with Crippen LogP contribution in [-0.2, 0) is 0 Å². The number of hydrogen-bond donors (Lipinski definition) is 0. The van der Waals surface area contributed by atoms with Crippen molar-refractivity contribution in [3.63, 3.8) is 0 Å². The van der Waals surface area contributed by atoms with E-state index in [9.17, 15) is 0 Å². The highest BCUT2D eigenvalue weighted by Gasteiger charge is 2.17. The molecule has 25 heavy (non-hydrogen) atoms. The first-order chi connectivity index (χ1) is 12.2. The molecule has 0 fully saturated rings. The molecule has 0 aliphatic carbocycles. The van der Waals surface area contributed by atoms with Gasteiger partial charge in [-0.3, -0.25) is 0 Å². The number of ether oxygens (including phenoxy) is 1. The van der Waals surface area contributed by atoms with E-state index < -0.39 is 0 Å². The van der Waals surface area contributed by atoms with Crippen molar-refractivity contribution >= 4 is 5.69 Å². The standard InChI is InChI=1S/C23H41NO/c1-6-10-12-20(8-3)18-24(19-21(9-4)13-11-7-2)22-14-16-23(25-5)17-15-22/h14-17,20-21H,6-13,18-19H2,1-5H3. The molecule has 144 valence electrons. The normalized spacial score (nSPS) is 13.5. The molecule has 0 spiro atoms. The lowest BCUT2D eigenvalue weighted by molar-refractivity contribution is 0.402. The Labute approximate surface area is 157 Å². The van der Waals surface area contributed by atoms with Crippen LogP contribution in [0.1, 0.15) is 79.1 Å². The summed E-state index contributed by atoms with van der Waals surface area (Å²) < 4.78 is 5.34. The zero-order valence-corrected chi connectivity index (χ0v) is 17.4. The van der Waals surface area contributed by atoms with Gasteiger partial charge in [-0.25, -0.2) is 0 Å². The van der Waals surface area contributed by atoms with E-state index in [1.54, 1.807) is 7.11 Å². The minimum absolute atomic E-state index is 0.797. The molecule has 0 aromatic heterocycles. The van der Waals surface area contributed by atoms with E-state index in [0.717, 1.165) is 17.6 Å². The molecule has 0 radical (unpaired) electrons. The molecule has 0 aliphatic rings. The van der Waals surface area contributed by atoms with Crippen LogP contribution < -0.4 is 9.64 Å². The van der Waals surface area contributed by atoms with Crippen LogP contribution in [0.2, 0.25) is 0 Å². The molecular formula is C23H41NO. The van der Waals surface area contributed by atoms with Crippen LogP contribution in [0.4, 0.5) is 5.69 Å². The third kappa shape index (κ3) is 8.16. The first-order valence-corrected chi connectivity index (χ1v) is 10.6. The van der Waals surface area contributed by atoms with Gasteiger partial charge in [-0.2, -0.15) is 0 Å². The number of rotatable bonds is 14. The average molecular weight is 348 g/mol. The summed E-state index contributed by atoms with van der Waals surface area (Å²) >= 11 is 0. The van der Waals surface area contributed by atoms with Crippen molar-refractivity contribution in [2.75, 3.05) is 25.1 Å². The van der Waals surface area contributed by atoms with Gasteiger partial charge in [0.25, 0.3) is 0 Å². The van der Waals surface area contributed by atoms with Gasteiger partial charge in [0, 0.05) is 18.8 Å². The van der Waals surface area contributed by atoms with E-state index in [4.69, 9.17) is 4.74 Å². The van der Waals surface area contributed by atoms with Crippen LogP contribution in [0.25, 0.3) is 0 Å². The fourth-order valence-electron chi connectivity index (χ4n) is 3.54. The van der Waals surface area contributed by atoms with Crippen molar-refractivity contribution in [2.45, 2.75) is 79.1 Å². The van der Waals surface area contributed by atoms with Crippen molar-refractivity contribution in [3.05, 3.63) is 24.3 Å². The second-order valence-electron chi connectivity index (χ2n) is 7.44. The van der Waals surface area contributed by atoms with Gasteiger partial charge in [-0.15, -0.1) is 0 Å². The quantitative estimate of drug-likeness (QED) is 0.361. The van der Waals surface area contributed by atoms with Crippen molar-refractivity contribution in [2.24, 2.45) is 11.8 Å². The van der Waals surface area contributed by atoms with Gasteiger partial charge in [0.2, 0.25) is 0 Å². The first-order valence-electron chi connectivity index (χ1n) is 10.6. The first kappa shape index (κ1) is 21.9. The second kappa shape index (κ2) is 13.1. The summed E-state index contributed by atoms with van der Waals surface area (Å²) in [4.78, 5) is 2.65. The molecule has 1 rings (SSSR count). The average Bonchev–Trinajstić information content (AvgIpc) is 2.67. The largest absolute Gasteiger partial charge is 0.497 e. The molecule has 1 aromatic rings.